The second-order valence-electron chi connectivity index (χ2n) is 5.01. The van der Waals surface area contributed by atoms with Gasteiger partial charge in [0.1, 0.15) is 5.75 Å². The minimum atomic E-state index is 0.123. The van der Waals surface area contributed by atoms with Crippen LogP contribution in [0.3, 0.4) is 0 Å². The highest BCUT2D eigenvalue weighted by atomic mass is 35.5. The molecule has 2 rings (SSSR count). The normalized spacial score (nSPS) is 12.2. The van der Waals surface area contributed by atoms with Crippen LogP contribution in [0.2, 0.25) is 5.02 Å². The third-order valence-electron chi connectivity index (χ3n) is 3.47. The van der Waals surface area contributed by atoms with E-state index in [1.807, 2.05) is 25.2 Å². The third kappa shape index (κ3) is 3.14. The van der Waals surface area contributed by atoms with Crippen LogP contribution in [-0.2, 0) is 0 Å². The van der Waals surface area contributed by atoms with Gasteiger partial charge in [-0.2, -0.15) is 0 Å². The molecule has 0 amide bonds. The molecule has 2 aromatic rings. The van der Waals surface area contributed by atoms with E-state index in [9.17, 15) is 0 Å². The van der Waals surface area contributed by atoms with Crippen molar-refractivity contribution in [1.82, 2.24) is 5.32 Å². The van der Waals surface area contributed by atoms with Gasteiger partial charge in [-0.1, -0.05) is 23.7 Å². The number of nitrogens with one attached hydrogen (secondary N) is 1. The van der Waals surface area contributed by atoms with E-state index in [2.05, 4.69) is 37.4 Å². The summed E-state index contributed by atoms with van der Waals surface area (Å²) in [5.41, 5.74) is 4.76. The lowest BCUT2D eigenvalue weighted by atomic mass is 9.94. The highest BCUT2D eigenvalue weighted by Crippen LogP contribution is 2.29. The van der Waals surface area contributed by atoms with Crippen LogP contribution in [0.25, 0.3) is 0 Å². The van der Waals surface area contributed by atoms with Crippen LogP contribution in [0.4, 0.5) is 0 Å². The summed E-state index contributed by atoms with van der Waals surface area (Å²) >= 11 is 6.18. The first-order chi connectivity index (χ1) is 9.55. The summed E-state index contributed by atoms with van der Waals surface area (Å²) in [5, 5.41) is 4.14. The quantitative estimate of drug-likeness (QED) is 0.907. The van der Waals surface area contributed by atoms with Gasteiger partial charge >= 0.3 is 0 Å². The fraction of sp³-hybridized carbons (Fsp3) is 0.294. The van der Waals surface area contributed by atoms with Crippen LogP contribution in [-0.4, -0.2) is 14.2 Å². The van der Waals surface area contributed by atoms with Crippen LogP contribution >= 0.6 is 11.6 Å². The predicted octanol–water partition coefficient (Wildman–Crippen LogP) is 4.27. The summed E-state index contributed by atoms with van der Waals surface area (Å²) in [6.07, 6.45) is 0. The highest BCUT2D eigenvalue weighted by molar-refractivity contribution is 6.30. The van der Waals surface area contributed by atoms with Crippen molar-refractivity contribution in [2.45, 2.75) is 19.9 Å². The maximum absolute atomic E-state index is 6.18. The smallest absolute Gasteiger partial charge is 0.119 e. The van der Waals surface area contributed by atoms with E-state index >= 15 is 0 Å². The number of hydrogen-bond acceptors (Lipinski definition) is 2. The fourth-order valence-electron chi connectivity index (χ4n) is 2.53. The van der Waals surface area contributed by atoms with E-state index in [0.717, 1.165) is 10.8 Å². The largest absolute Gasteiger partial charge is 0.497 e. The molecule has 0 aliphatic rings. The molecule has 0 spiro atoms. The van der Waals surface area contributed by atoms with Gasteiger partial charge in [0.25, 0.3) is 0 Å². The lowest BCUT2D eigenvalue weighted by molar-refractivity contribution is 0.414. The molecule has 0 aliphatic carbocycles. The number of halogens is 1. The monoisotopic (exact) mass is 289 g/mol. The zero-order valence-electron chi connectivity index (χ0n) is 12.3. The molecular weight excluding hydrogens is 270 g/mol. The van der Waals surface area contributed by atoms with Crippen molar-refractivity contribution >= 4 is 11.6 Å². The Labute approximate surface area is 125 Å². The maximum atomic E-state index is 6.18. The molecule has 106 valence electrons. The van der Waals surface area contributed by atoms with Crippen LogP contribution < -0.4 is 10.1 Å². The number of aryl methyl sites for hydroxylation is 2. The van der Waals surface area contributed by atoms with E-state index < -0.39 is 0 Å². The number of rotatable bonds is 4. The van der Waals surface area contributed by atoms with Crippen LogP contribution in [0.15, 0.2) is 36.4 Å². The Kier molecular flexibility index (Phi) is 4.69. The number of hydrogen-bond donors (Lipinski definition) is 1. The first kappa shape index (κ1) is 14.9. The Morgan fingerprint density at radius 1 is 1.10 bits per heavy atom. The number of ether oxygens (including phenoxy) is 1. The molecule has 2 nitrogen and oxygen atoms in total. The standard InChI is InChI=1S/C17H20ClNO/c1-11-7-13(10-14(18)8-11)17(19-3)16-6-5-15(20-4)9-12(16)2/h5-10,17,19H,1-4H3. The van der Waals surface area contributed by atoms with Gasteiger partial charge in [-0.05, 0) is 67.4 Å². The Bertz CT molecular complexity index is 590. The van der Waals surface area contributed by atoms with Crippen LogP contribution in [0, 0.1) is 13.8 Å². The molecule has 0 aromatic heterocycles. The van der Waals surface area contributed by atoms with E-state index in [0.29, 0.717) is 0 Å². The molecule has 0 heterocycles. The van der Waals surface area contributed by atoms with E-state index in [1.54, 1.807) is 7.11 Å². The third-order valence-corrected chi connectivity index (χ3v) is 3.69. The Morgan fingerprint density at radius 3 is 2.40 bits per heavy atom. The summed E-state index contributed by atoms with van der Waals surface area (Å²) in [5.74, 6) is 0.878. The Balaban J connectivity index is 2.46. The van der Waals surface area contributed by atoms with Crippen molar-refractivity contribution < 1.29 is 4.74 Å². The van der Waals surface area contributed by atoms with Crippen molar-refractivity contribution in [3.05, 3.63) is 63.7 Å². The summed E-state index contributed by atoms with van der Waals surface area (Å²) in [6, 6.07) is 12.4. The Hall–Kier alpha value is -1.51. The van der Waals surface area contributed by atoms with E-state index in [-0.39, 0.29) is 6.04 Å². The molecule has 2 aromatic carbocycles. The first-order valence-corrected chi connectivity index (χ1v) is 7.02. The molecule has 1 unspecified atom stereocenters. The van der Waals surface area contributed by atoms with Crippen molar-refractivity contribution in [3.63, 3.8) is 0 Å². The van der Waals surface area contributed by atoms with Crippen molar-refractivity contribution in [2.75, 3.05) is 14.2 Å². The van der Waals surface area contributed by atoms with Crippen molar-refractivity contribution in [2.24, 2.45) is 0 Å². The molecule has 0 saturated carbocycles. The highest BCUT2D eigenvalue weighted by Gasteiger charge is 2.15. The van der Waals surface area contributed by atoms with Gasteiger partial charge in [-0.15, -0.1) is 0 Å². The maximum Gasteiger partial charge on any atom is 0.119 e. The number of methoxy groups -OCH3 is 1. The molecule has 0 fully saturated rings. The van der Waals surface area contributed by atoms with E-state index in [1.165, 1.54) is 22.3 Å². The fourth-order valence-corrected chi connectivity index (χ4v) is 2.83. The number of benzene rings is 2. The average molecular weight is 290 g/mol. The van der Waals surface area contributed by atoms with Gasteiger partial charge < -0.3 is 10.1 Å². The molecule has 1 atom stereocenters. The lowest BCUT2D eigenvalue weighted by Gasteiger charge is -2.20. The van der Waals surface area contributed by atoms with E-state index in [4.69, 9.17) is 16.3 Å². The summed E-state index contributed by atoms with van der Waals surface area (Å²) in [7, 11) is 3.65. The molecule has 0 bridgehead atoms. The van der Waals surface area contributed by atoms with Crippen LogP contribution in [0.5, 0.6) is 5.75 Å². The molecule has 0 radical (unpaired) electrons. The summed E-state index contributed by atoms with van der Waals surface area (Å²) in [6.45, 7) is 4.16. The predicted molar refractivity (Wildman–Crippen MR) is 84.8 cm³/mol. The molecule has 0 aliphatic heterocycles. The van der Waals surface area contributed by atoms with Crippen molar-refractivity contribution in [1.29, 1.82) is 0 Å². The van der Waals surface area contributed by atoms with Gasteiger partial charge in [-0.3, -0.25) is 0 Å². The van der Waals surface area contributed by atoms with Gasteiger partial charge in [-0.25, -0.2) is 0 Å². The summed E-state index contributed by atoms with van der Waals surface area (Å²) in [4.78, 5) is 0. The average Bonchev–Trinajstić information content (AvgIpc) is 2.40. The minimum absolute atomic E-state index is 0.123. The van der Waals surface area contributed by atoms with Crippen LogP contribution in [0.1, 0.15) is 28.3 Å². The van der Waals surface area contributed by atoms with Gasteiger partial charge in [0.2, 0.25) is 0 Å². The second kappa shape index (κ2) is 6.29. The van der Waals surface area contributed by atoms with Gasteiger partial charge in [0, 0.05) is 5.02 Å². The Morgan fingerprint density at radius 2 is 1.85 bits per heavy atom. The zero-order chi connectivity index (χ0) is 14.7. The van der Waals surface area contributed by atoms with Gasteiger partial charge in [0.05, 0.1) is 13.2 Å². The minimum Gasteiger partial charge on any atom is -0.497 e. The topological polar surface area (TPSA) is 21.3 Å². The molecule has 3 heteroatoms. The molecule has 0 saturated heterocycles. The zero-order valence-corrected chi connectivity index (χ0v) is 13.1. The SMILES string of the molecule is CNC(c1cc(C)cc(Cl)c1)c1ccc(OC)cc1C. The summed E-state index contributed by atoms with van der Waals surface area (Å²) < 4.78 is 5.27. The molecular formula is C17H20ClNO. The first-order valence-electron chi connectivity index (χ1n) is 6.64. The second-order valence-corrected chi connectivity index (χ2v) is 5.44. The molecule has 1 N–H and O–H groups in total. The van der Waals surface area contributed by atoms with Crippen molar-refractivity contribution in [3.8, 4) is 5.75 Å². The molecule has 20 heavy (non-hydrogen) atoms. The lowest BCUT2D eigenvalue weighted by Crippen LogP contribution is -2.18. The van der Waals surface area contributed by atoms with Gasteiger partial charge in [0.15, 0.2) is 0 Å².